The van der Waals surface area contributed by atoms with E-state index in [2.05, 4.69) is 35.0 Å². The predicted molar refractivity (Wildman–Crippen MR) is 84.9 cm³/mol. The Hall–Kier alpha value is -1.13. The number of anilines is 1. The maximum Gasteiger partial charge on any atom is 0.143 e. The molecule has 2 N–H and O–H groups in total. The van der Waals surface area contributed by atoms with Gasteiger partial charge in [-0.25, -0.2) is 0 Å². The van der Waals surface area contributed by atoms with E-state index < -0.39 is 0 Å². The molecule has 2 aromatic rings. The van der Waals surface area contributed by atoms with Crippen molar-refractivity contribution in [3.8, 4) is 5.75 Å². The van der Waals surface area contributed by atoms with E-state index in [1.54, 1.807) is 11.8 Å². The van der Waals surface area contributed by atoms with Gasteiger partial charge in [-0.1, -0.05) is 40.7 Å². The number of hydrogen-bond donors (Lipinski definition) is 1. The van der Waals surface area contributed by atoms with Gasteiger partial charge in [0.2, 0.25) is 0 Å². The largest absolute Gasteiger partial charge is 0.491 e. The van der Waals surface area contributed by atoms with Crippen LogP contribution in [0.15, 0.2) is 56.7 Å². The van der Waals surface area contributed by atoms with Crippen molar-refractivity contribution < 1.29 is 4.74 Å². The molecule has 0 heterocycles. The first-order valence-corrected chi connectivity index (χ1v) is 7.75. The lowest BCUT2D eigenvalue weighted by Gasteiger charge is -2.10. The van der Waals surface area contributed by atoms with Crippen LogP contribution in [-0.4, -0.2) is 6.61 Å². The lowest BCUT2D eigenvalue weighted by atomic mass is 10.3. The fourth-order valence-electron chi connectivity index (χ4n) is 1.58. The van der Waals surface area contributed by atoms with Crippen LogP contribution in [0.3, 0.4) is 0 Å². The summed E-state index contributed by atoms with van der Waals surface area (Å²) in [5.41, 5.74) is 6.59. The second-order valence-electron chi connectivity index (χ2n) is 4.11. The van der Waals surface area contributed by atoms with Gasteiger partial charge in [0.15, 0.2) is 0 Å². The van der Waals surface area contributed by atoms with Crippen LogP contribution in [0.5, 0.6) is 5.75 Å². The number of nitrogens with two attached hydrogens (primary N) is 1. The van der Waals surface area contributed by atoms with Crippen LogP contribution >= 0.6 is 27.7 Å². The number of benzene rings is 2. The van der Waals surface area contributed by atoms with Gasteiger partial charge in [0, 0.05) is 14.3 Å². The smallest absolute Gasteiger partial charge is 0.143 e. The molecular formula is C15H16BrNOS. The highest BCUT2D eigenvalue weighted by molar-refractivity contribution is 9.10. The molecule has 19 heavy (non-hydrogen) atoms. The first-order valence-electron chi connectivity index (χ1n) is 6.15. The summed E-state index contributed by atoms with van der Waals surface area (Å²) >= 11 is 5.17. The minimum atomic E-state index is 0.687. The normalized spacial score (nSPS) is 10.4. The van der Waals surface area contributed by atoms with Gasteiger partial charge in [0.1, 0.15) is 5.75 Å². The van der Waals surface area contributed by atoms with Crippen LogP contribution in [0.2, 0.25) is 0 Å². The van der Waals surface area contributed by atoms with Crippen molar-refractivity contribution in [2.75, 3.05) is 12.3 Å². The molecular weight excluding hydrogens is 322 g/mol. The number of rotatable bonds is 5. The zero-order valence-corrected chi connectivity index (χ0v) is 13.1. The monoisotopic (exact) mass is 337 g/mol. The minimum absolute atomic E-state index is 0.687. The Morgan fingerprint density at radius 3 is 2.68 bits per heavy atom. The van der Waals surface area contributed by atoms with Gasteiger partial charge in [-0.3, -0.25) is 0 Å². The van der Waals surface area contributed by atoms with Crippen LogP contribution in [-0.2, 0) is 0 Å². The van der Waals surface area contributed by atoms with E-state index in [0.717, 1.165) is 21.5 Å². The molecule has 0 bridgehead atoms. The molecule has 0 spiro atoms. The van der Waals surface area contributed by atoms with Gasteiger partial charge < -0.3 is 10.5 Å². The molecule has 2 rings (SSSR count). The molecule has 0 aliphatic rings. The third-order valence-corrected chi connectivity index (χ3v) is 3.95. The average molecular weight is 338 g/mol. The Morgan fingerprint density at radius 1 is 1.16 bits per heavy atom. The third-order valence-electron chi connectivity index (χ3n) is 2.48. The van der Waals surface area contributed by atoms with Crippen LogP contribution in [0.25, 0.3) is 0 Å². The number of halogens is 1. The Kier molecular flexibility index (Phi) is 5.16. The molecule has 2 nitrogen and oxygen atoms in total. The molecule has 4 heteroatoms. The Balaban J connectivity index is 2.16. The quantitative estimate of drug-likeness (QED) is 0.782. The maximum absolute atomic E-state index is 5.91. The summed E-state index contributed by atoms with van der Waals surface area (Å²) in [7, 11) is 0. The van der Waals surface area contributed by atoms with Crippen molar-refractivity contribution in [2.24, 2.45) is 0 Å². The van der Waals surface area contributed by atoms with E-state index in [1.165, 1.54) is 4.90 Å². The van der Waals surface area contributed by atoms with E-state index >= 15 is 0 Å². The third kappa shape index (κ3) is 4.18. The molecule has 0 saturated heterocycles. The highest BCUT2D eigenvalue weighted by Crippen LogP contribution is 2.34. The van der Waals surface area contributed by atoms with Crippen molar-refractivity contribution in [2.45, 2.75) is 23.1 Å². The fraction of sp³-hybridized carbons (Fsp3) is 0.200. The van der Waals surface area contributed by atoms with Crippen molar-refractivity contribution in [1.29, 1.82) is 0 Å². The SMILES string of the molecule is CCCOc1cc(Sc2cccc(Br)c2)ccc1N. The van der Waals surface area contributed by atoms with Gasteiger partial charge in [0.25, 0.3) is 0 Å². The second kappa shape index (κ2) is 6.87. The molecule has 0 aliphatic heterocycles. The van der Waals surface area contributed by atoms with Crippen LogP contribution in [0, 0.1) is 0 Å². The molecule has 100 valence electrons. The maximum atomic E-state index is 5.91. The molecule has 2 aromatic carbocycles. The van der Waals surface area contributed by atoms with Crippen LogP contribution < -0.4 is 10.5 Å². The van der Waals surface area contributed by atoms with E-state index in [1.807, 2.05) is 30.3 Å². The highest BCUT2D eigenvalue weighted by atomic mass is 79.9. The Morgan fingerprint density at radius 2 is 1.95 bits per heavy atom. The molecule has 0 saturated carbocycles. The Bertz CT molecular complexity index is 560. The first-order chi connectivity index (χ1) is 9.19. The summed E-state index contributed by atoms with van der Waals surface area (Å²) in [6.45, 7) is 2.77. The van der Waals surface area contributed by atoms with Crippen LogP contribution in [0.4, 0.5) is 5.69 Å². The molecule has 0 unspecified atom stereocenters. The van der Waals surface area contributed by atoms with Crippen molar-refractivity contribution in [1.82, 2.24) is 0 Å². The number of hydrogen-bond acceptors (Lipinski definition) is 3. The van der Waals surface area contributed by atoms with E-state index in [9.17, 15) is 0 Å². The highest BCUT2D eigenvalue weighted by Gasteiger charge is 2.04. The zero-order chi connectivity index (χ0) is 13.7. The molecule has 0 amide bonds. The standard InChI is InChI=1S/C15H16BrNOS/c1-2-8-18-15-10-13(6-7-14(15)17)19-12-5-3-4-11(16)9-12/h3-7,9-10H,2,8,17H2,1H3. The van der Waals surface area contributed by atoms with E-state index in [4.69, 9.17) is 10.5 Å². The summed E-state index contributed by atoms with van der Waals surface area (Å²) in [5, 5.41) is 0. The molecule has 0 aliphatic carbocycles. The fourth-order valence-corrected chi connectivity index (χ4v) is 3.04. The van der Waals surface area contributed by atoms with Crippen molar-refractivity contribution in [3.05, 3.63) is 46.9 Å². The summed E-state index contributed by atoms with van der Waals surface area (Å²) in [6.07, 6.45) is 0.975. The minimum Gasteiger partial charge on any atom is -0.491 e. The summed E-state index contributed by atoms with van der Waals surface area (Å²) in [5.74, 6) is 0.766. The molecule has 0 atom stereocenters. The topological polar surface area (TPSA) is 35.2 Å². The zero-order valence-electron chi connectivity index (χ0n) is 10.7. The first kappa shape index (κ1) is 14.3. The van der Waals surface area contributed by atoms with Gasteiger partial charge >= 0.3 is 0 Å². The lowest BCUT2D eigenvalue weighted by Crippen LogP contribution is -1.98. The average Bonchev–Trinajstić information content (AvgIpc) is 2.39. The molecule has 0 radical (unpaired) electrons. The molecule has 0 fully saturated rings. The number of ether oxygens (including phenoxy) is 1. The summed E-state index contributed by atoms with van der Waals surface area (Å²) < 4.78 is 6.72. The molecule has 0 aromatic heterocycles. The summed E-state index contributed by atoms with van der Waals surface area (Å²) in [4.78, 5) is 2.30. The van der Waals surface area contributed by atoms with Gasteiger partial charge in [0.05, 0.1) is 12.3 Å². The van der Waals surface area contributed by atoms with Gasteiger partial charge in [-0.05, 0) is 42.8 Å². The van der Waals surface area contributed by atoms with Crippen molar-refractivity contribution >= 4 is 33.4 Å². The van der Waals surface area contributed by atoms with E-state index in [-0.39, 0.29) is 0 Å². The second-order valence-corrected chi connectivity index (χ2v) is 6.17. The Labute approximate surface area is 126 Å². The number of nitrogen functional groups attached to an aromatic ring is 1. The van der Waals surface area contributed by atoms with Crippen molar-refractivity contribution in [3.63, 3.8) is 0 Å². The van der Waals surface area contributed by atoms with Crippen LogP contribution in [0.1, 0.15) is 13.3 Å². The predicted octanol–water partition coefficient (Wildman–Crippen LogP) is 4.97. The van der Waals surface area contributed by atoms with Gasteiger partial charge in [-0.2, -0.15) is 0 Å². The summed E-state index contributed by atoms with van der Waals surface area (Å²) in [6, 6.07) is 14.1. The lowest BCUT2D eigenvalue weighted by molar-refractivity contribution is 0.318. The van der Waals surface area contributed by atoms with E-state index in [0.29, 0.717) is 12.3 Å². The van der Waals surface area contributed by atoms with Gasteiger partial charge in [-0.15, -0.1) is 0 Å².